The van der Waals surface area contributed by atoms with Gasteiger partial charge in [-0.2, -0.15) is 10.5 Å². The van der Waals surface area contributed by atoms with E-state index in [1.54, 1.807) is 23.5 Å². The highest BCUT2D eigenvalue weighted by molar-refractivity contribution is 7.21. The minimum atomic E-state index is 0.114. The first-order valence-corrected chi connectivity index (χ1v) is 9.16. The SMILES string of the molecule is Cc1ccc2nc(-c3ccc(N4C=CC(=C(C#N)C#N)C=C4)cc3)sc2c1. The molecule has 0 bridgehead atoms. The van der Waals surface area contributed by atoms with Crippen LogP contribution in [-0.4, -0.2) is 4.98 Å². The smallest absolute Gasteiger partial charge is 0.136 e. The van der Waals surface area contributed by atoms with Crippen LogP contribution in [0.25, 0.3) is 20.8 Å². The topological polar surface area (TPSA) is 63.7 Å². The van der Waals surface area contributed by atoms with E-state index in [0.717, 1.165) is 21.8 Å². The van der Waals surface area contributed by atoms with Crippen LogP contribution in [0.3, 0.4) is 0 Å². The normalized spacial score (nSPS) is 12.9. The summed E-state index contributed by atoms with van der Waals surface area (Å²) in [6.45, 7) is 2.09. The second-order valence-electron chi connectivity index (χ2n) is 6.13. The number of fused-ring (bicyclic) bond motifs is 1. The van der Waals surface area contributed by atoms with Crippen LogP contribution in [0.2, 0.25) is 0 Å². The van der Waals surface area contributed by atoms with Crippen LogP contribution in [0.1, 0.15) is 5.56 Å². The van der Waals surface area contributed by atoms with Crippen molar-refractivity contribution in [2.75, 3.05) is 4.90 Å². The van der Waals surface area contributed by atoms with Gasteiger partial charge in [-0.15, -0.1) is 11.3 Å². The van der Waals surface area contributed by atoms with Crippen molar-refractivity contribution in [2.24, 2.45) is 0 Å². The molecule has 0 fully saturated rings. The summed E-state index contributed by atoms with van der Waals surface area (Å²) >= 11 is 1.69. The fourth-order valence-electron chi connectivity index (χ4n) is 2.85. The zero-order valence-corrected chi connectivity index (χ0v) is 15.4. The number of thiazole rings is 1. The van der Waals surface area contributed by atoms with Gasteiger partial charge in [0.25, 0.3) is 0 Å². The molecular formula is C22H14N4S. The number of aryl methyl sites for hydroxylation is 1. The Morgan fingerprint density at radius 1 is 1.00 bits per heavy atom. The Labute approximate surface area is 161 Å². The number of benzene rings is 2. The molecular weight excluding hydrogens is 352 g/mol. The molecule has 0 N–H and O–H groups in total. The summed E-state index contributed by atoms with van der Waals surface area (Å²) in [5.74, 6) is 0. The molecule has 1 aliphatic heterocycles. The molecule has 0 amide bonds. The highest BCUT2D eigenvalue weighted by atomic mass is 32.1. The lowest BCUT2D eigenvalue weighted by atomic mass is 10.1. The fraction of sp³-hybridized carbons (Fsp3) is 0.0455. The number of allylic oxidation sites excluding steroid dienone is 4. The number of nitriles is 2. The lowest BCUT2D eigenvalue weighted by Crippen LogP contribution is -2.09. The summed E-state index contributed by atoms with van der Waals surface area (Å²) < 4.78 is 1.20. The maximum atomic E-state index is 8.95. The van der Waals surface area contributed by atoms with Crippen molar-refractivity contribution in [1.82, 2.24) is 4.98 Å². The molecule has 2 aromatic carbocycles. The number of hydrogen-bond acceptors (Lipinski definition) is 5. The minimum absolute atomic E-state index is 0.114. The molecule has 5 heteroatoms. The molecule has 3 aromatic rings. The number of nitrogens with zero attached hydrogens (tertiary/aromatic N) is 4. The van der Waals surface area contributed by atoms with Crippen molar-refractivity contribution >= 4 is 27.2 Å². The van der Waals surface area contributed by atoms with E-state index >= 15 is 0 Å². The number of aromatic nitrogens is 1. The minimum Gasteiger partial charge on any atom is -0.324 e. The Morgan fingerprint density at radius 2 is 1.70 bits per heavy atom. The average molecular weight is 366 g/mol. The monoisotopic (exact) mass is 366 g/mol. The maximum Gasteiger partial charge on any atom is 0.136 e. The molecule has 4 rings (SSSR count). The predicted molar refractivity (Wildman–Crippen MR) is 109 cm³/mol. The number of rotatable bonds is 2. The van der Waals surface area contributed by atoms with Crippen LogP contribution in [0, 0.1) is 29.6 Å². The Bertz CT molecular complexity index is 1170. The third-order valence-electron chi connectivity index (χ3n) is 4.30. The van der Waals surface area contributed by atoms with Gasteiger partial charge < -0.3 is 4.90 Å². The second-order valence-corrected chi connectivity index (χ2v) is 7.16. The lowest BCUT2D eigenvalue weighted by Gasteiger charge is -2.19. The van der Waals surface area contributed by atoms with Crippen molar-refractivity contribution in [3.63, 3.8) is 0 Å². The first-order chi connectivity index (χ1) is 13.2. The molecule has 128 valence electrons. The van der Waals surface area contributed by atoms with Crippen LogP contribution in [0.5, 0.6) is 0 Å². The van der Waals surface area contributed by atoms with Crippen molar-refractivity contribution < 1.29 is 0 Å². The summed E-state index contributed by atoms with van der Waals surface area (Å²) in [5.41, 5.74) is 5.08. The lowest BCUT2D eigenvalue weighted by molar-refractivity contribution is 1.24. The van der Waals surface area contributed by atoms with E-state index in [9.17, 15) is 0 Å². The van der Waals surface area contributed by atoms with E-state index < -0.39 is 0 Å². The highest BCUT2D eigenvalue weighted by Crippen LogP contribution is 2.32. The molecule has 0 saturated carbocycles. The molecule has 0 spiro atoms. The first-order valence-electron chi connectivity index (χ1n) is 8.35. The molecule has 0 atom stereocenters. The third kappa shape index (κ3) is 3.25. The Hall–Kier alpha value is -3.67. The molecule has 0 radical (unpaired) electrons. The molecule has 4 nitrogen and oxygen atoms in total. The van der Waals surface area contributed by atoms with E-state index in [2.05, 4.69) is 37.3 Å². The first kappa shape index (κ1) is 16.8. The van der Waals surface area contributed by atoms with Gasteiger partial charge in [0.05, 0.1) is 10.2 Å². The Morgan fingerprint density at radius 3 is 2.37 bits per heavy atom. The standard InChI is InChI=1S/C22H14N4S/c1-15-2-7-20-21(12-15)27-22(25-20)17-3-5-19(6-4-17)26-10-8-16(9-11-26)18(13-23)14-24/h2-12H,1H3. The van der Waals surface area contributed by atoms with Gasteiger partial charge in [-0.05, 0) is 61.0 Å². The molecule has 1 aliphatic rings. The third-order valence-corrected chi connectivity index (χ3v) is 5.37. The van der Waals surface area contributed by atoms with Gasteiger partial charge in [-0.25, -0.2) is 4.98 Å². The van der Waals surface area contributed by atoms with Crippen molar-refractivity contribution in [3.05, 3.63) is 83.7 Å². The molecule has 1 aromatic heterocycles. The Kier molecular flexibility index (Phi) is 4.30. The summed E-state index contributed by atoms with van der Waals surface area (Å²) in [7, 11) is 0. The fourth-order valence-corrected chi connectivity index (χ4v) is 3.92. The summed E-state index contributed by atoms with van der Waals surface area (Å²) in [6.07, 6.45) is 7.23. The van der Waals surface area contributed by atoms with Gasteiger partial charge in [0.2, 0.25) is 0 Å². The van der Waals surface area contributed by atoms with E-state index in [0.29, 0.717) is 5.57 Å². The van der Waals surface area contributed by atoms with Crippen LogP contribution < -0.4 is 4.90 Å². The van der Waals surface area contributed by atoms with E-state index in [1.165, 1.54) is 10.3 Å². The number of hydrogen-bond donors (Lipinski definition) is 0. The van der Waals surface area contributed by atoms with E-state index in [4.69, 9.17) is 15.5 Å². The van der Waals surface area contributed by atoms with Gasteiger partial charge in [0.1, 0.15) is 22.7 Å². The van der Waals surface area contributed by atoms with E-state index in [1.807, 2.05) is 41.6 Å². The van der Waals surface area contributed by atoms with Crippen LogP contribution in [0.4, 0.5) is 5.69 Å². The predicted octanol–water partition coefficient (Wildman–Crippen LogP) is 5.46. The van der Waals surface area contributed by atoms with Gasteiger partial charge in [0, 0.05) is 29.2 Å². The van der Waals surface area contributed by atoms with Crippen molar-refractivity contribution in [2.45, 2.75) is 6.92 Å². The zero-order valence-electron chi connectivity index (χ0n) is 14.5. The van der Waals surface area contributed by atoms with Gasteiger partial charge in [-0.3, -0.25) is 0 Å². The summed E-state index contributed by atoms with van der Waals surface area (Å²) in [6, 6.07) is 18.3. The molecule has 0 aliphatic carbocycles. The van der Waals surface area contributed by atoms with E-state index in [-0.39, 0.29) is 5.57 Å². The Balaban J connectivity index is 1.59. The van der Waals surface area contributed by atoms with Crippen LogP contribution in [0.15, 0.2) is 78.2 Å². The van der Waals surface area contributed by atoms with Gasteiger partial charge in [-0.1, -0.05) is 6.07 Å². The quantitative estimate of drug-likeness (QED) is 0.565. The zero-order chi connectivity index (χ0) is 18.8. The number of anilines is 1. The van der Waals surface area contributed by atoms with Crippen LogP contribution >= 0.6 is 11.3 Å². The molecule has 27 heavy (non-hydrogen) atoms. The van der Waals surface area contributed by atoms with Crippen molar-refractivity contribution in [1.29, 1.82) is 10.5 Å². The summed E-state index contributed by atoms with van der Waals surface area (Å²) in [4.78, 5) is 6.67. The van der Waals surface area contributed by atoms with Gasteiger partial charge >= 0.3 is 0 Å². The summed E-state index contributed by atoms with van der Waals surface area (Å²) in [5, 5.41) is 18.9. The second kappa shape index (κ2) is 6.92. The highest BCUT2D eigenvalue weighted by Gasteiger charge is 2.10. The molecule has 0 saturated heterocycles. The average Bonchev–Trinajstić information content (AvgIpc) is 3.13. The van der Waals surface area contributed by atoms with Crippen LogP contribution in [-0.2, 0) is 0 Å². The molecule has 0 unspecified atom stereocenters. The van der Waals surface area contributed by atoms with Gasteiger partial charge in [0.15, 0.2) is 0 Å². The largest absolute Gasteiger partial charge is 0.324 e. The molecule has 2 heterocycles. The maximum absolute atomic E-state index is 8.95. The van der Waals surface area contributed by atoms with Crippen molar-refractivity contribution in [3.8, 4) is 22.7 Å².